The van der Waals surface area contributed by atoms with Crippen LogP contribution in [0.3, 0.4) is 0 Å². The highest BCUT2D eigenvalue weighted by molar-refractivity contribution is 6.33. The summed E-state index contributed by atoms with van der Waals surface area (Å²) in [6.07, 6.45) is 2.40. The molecule has 2 aromatic carbocycles. The van der Waals surface area contributed by atoms with E-state index in [2.05, 4.69) is 42.2 Å². The number of nitrogen functional groups attached to an aromatic ring is 1. The Hall–Kier alpha value is -1.67. The summed E-state index contributed by atoms with van der Waals surface area (Å²) < 4.78 is 0. The molecular formula is C17H19ClN2. The van der Waals surface area contributed by atoms with Crippen molar-refractivity contribution in [1.82, 2.24) is 0 Å². The minimum atomic E-state index is 0.439. The van der Waals surface area contributed by atoms with E-state index in [0.29, 0.717) is 16.8 Å². The van der Waals surface area contributed by atoms with Crippen molar-refractivity contribution in [2.75, 3.05) is 17.2 Å². The van der Waals surface area contributed by atoms with Gasteiger partial charge in [0.15, 0.2) is 0 Å². The minimum Gasteiger partial charge on any atom is -0.398 e. The van der Waals surface area contributed by atoms with E-state index >= 15 is 0 Å². The van der Waals surface area contributed by atoms with E-state index in [1.165, 1.54) is 29.7 Å². The van der Waals surface area contributed by atoms with Crippen LogP contribution in [0.1, 0.15) is 30.0 Å². The van der Waals surface area contributed by atoms with Gasteiger partial charge in [0.25, 0.3) is 0 Å². The topological polar surface area (TPSA) is 29.3 Å². The molecule has 1 unspecified atom stereocenters. The first-order chi connectivity index (χ1) is 9.66. The number of benzene rings is 2. The van der Waals surface area contributed by atoms with Crippen LogP contribution in [0.2, 0.25) is 5.02 Å². The summed E-state index contributed by atoms with van der Waals surface area (Å²) in [4.78, 5) is 2.45. The highest BCUT2D eigenvalue weighted by Gasteiger charge is 2.27. The quantitative estimate of drug-likeness (QED) is 0.819. The van der Waals surface area contributed by atoms with Crippen LogP contribution in [0.15, 0.2) is 42.5 Å². The molecule has 2 aromatic rings. The molecule has 3 rings (SSSR count). The first kappa shape index (κ1) is 13.3. The lowest BCUT2D eigenvalue weighted by molar-refractivity contribution is 0.718. The zero-order valence-corrected chi connectivity index (χ0v) is 12.4. The monoisotopic (exact) mass is 286 g/mol. The Morgan fingerprint density at radius 2 is 1.95 bits per heavy atom. The average molecular weight is 287 g/mol. The maximum atomic E-state index is 6.21. The van der Waals surface area contributed by atoms with Crippen LogP contribution in [0.5, 0.6) is 0 Å². The number of anilines is 2. The summed E-state index contributed by atoms with van der Waals surface area (Å²) in [5.41, 5.74) is 10.3. The number of aryl methyl sites for hydroxylation is 1. The van der Waals surface area contributed by atoms with Crippen molar-refractivity contribution in [2.45, 2.75) is 25.8 Å². The zero-order chi connectivity index (χ0) is 14.1. The largest absolute Gasteiger partial charge is 0.398 e. The van der Waals surface area contributed by atoms with Crippen molar-refractivity contribution < 1.29 is 0 Å². The number of halogens is 1. The molecule has 0 bridgehead atoms. The Labute approximate surface area is 125 Å². The molecule has 2 nitrogen and oxygen atoms in total. The van der Waals surface area contributed by atoms with Gasteiger partial charge in [-0.05, 0) is 43.0 Å². The molecular weight excluding hydrogens is 268 g/mol. The first-order valence-corrected chi connectivity index (χ1v) is 7.42. The Balaban J connectivity index is 1.99. The first-order valence-electron chi connectivity index (χ1n) is 7.04. The molecule has 20 heavy (non-hydrogen) atoms. The molecule has 1 fully saturated rings. The summed E-state index contributed by atoms with van der Waals surface area (Å²) in [6, 6.07) is 15.1. The molecule has 1 atom stereocenters. The third-order valence-electron chi connectivity index (χ3n) is 4.06. The molecule has 0 saturated carbocycles. The normalized spacial score (nSPS) is 18.5. The predicted octanol–water partition coefficient (Wildman–Crippen LogP) is 4.57. The van der Waals surface area contributed by atoms with Gasteiger partial charge in [0.1, 0.15) is 0 Å². The molecule has 2 N–H and O–H groups in total. The van der Waals surface area contributed by atoms with Crippen molar-refractivity contribution in [3.05, 3.63) is 58.6 Å². The average Bonchev–Trinajstić information content (AvgIpc) is 2.93. The second-order valence-corrected chi connectivity index (χ2v) is 5.83. The number of nitrogens with two attached hydrogens (primary N) is 1. The van der Waals surface area contributed by atoms with Gasteiger partial charge in [-0.15, -0.1) is 0 Å². The summed E-state index contributed by atoms with van der Waals surface area (Å²) in [5, 5.41) is 0.643. The van der Waals surface area contributed by atoms with Gasteiger partial charge >= 0.3 is 0 Å². The Kier molecular flexibility index (Phi) is 3.58. The third-order valence-corrected chi connectivity index (χ3v) is 4.39. The van der Waals surface area contributed by atoms with Crippen LogP contribution in [0.4, 0.5) is 11.4 Å². The lowest BCUT2D eigenvalue weighted by Gasteiger charge is -2.29. The van der Waals surface area contributed by atoms with Crippen LogP contribution in [-0.2, 0) is 0 Å². The third kappa shape index (κ3) is 2.36. The zero-order valence-electron chi connectivity index (χ0n) is 11.6. The van der Waals surface area contributed by atoms with Gasteiger partial charge in [-0.2, -0.15) is 0 Å². The fraction of sp³-hybridized carbons (Fsp3) is 0.294. The molecule has 0 amide bonds. The number of hydrogen-bond donors (Lipinski definition) is 1. The lowest BCUT2D eigenvalue weighted by Crippen LogP contribution is -2.23. The van der Waals surface area contributed by atoms with Gasteiger partial charge in [-0.1, -0.05) is 41.9 Å². The second kappa shape index (κ2) is 5.37. The van der Waals surface area contributed by atoms with E-state index in [0.717, 1.165) is 6.54 Å². The highest BCUT2D eigenvalue weighted by atomic mass is 35.5. The fourth-order valence-electron chi connectivity index (χ4n) is 3.08. The molecule has 1 saturated heterocycles. The highest BCUT2D eigenvalue weighted by Crippen LogP contribution is 2.39. The molecule has 1 aliphatic heterocycles. The van der Waals surface area contributed by atoms with E-state index in [-0.39, 0.29) is 0 Å². The van der Waals surface area contributed by atoms with Gasteiger partial charge in [0, 0.05) is 12.2 Å². The summed E-state index contributed by atoms with van der Waals surface area (Å²) in [6.45, 7) is 3.17. The van der Waals surface area contributed by atoms with Gasteiger partial charge in [-0.3, -0.25) is 0 Å². The predicted molar refractivity (Wildman–Crippen MR) is 86.4 cm³/mol. The van der Waals surface area contributed by atoms with Crippen LogP contribution >= 0.6 is 11.6 Å². The Morgan fingerprint density at radius 3 is 2.70 bits per heavy atom. The number of rotatable bonds is 2. The van der Waals surface area contributed by atoms with Crippen LogP contribution < -0.4 is 10.6 Å². The Morgan fingerprint density at radius 1 is 1.20 bits per heavy atom. The Bertz CT molecular complexity index is 610. The molecule has 0 aromatic heterocycles. The molecule has 0 aliphatic carbocycles. The van der Waals surface area contributed by atoms with Crippen molar-refractivity contribution in [2.24, 2.45) is 0 Å². The lowest BCUT2D eigenvalue weighted by atomic mass is 10.0. The molecule has 3 heteroatoms. The van der Waals surface area contributed by atoms with Crippen molar-refractivity contribution >= 4 is 23.0 Å². The summed E-state index contributed by atoms with van der Waals surface area (Å²) in [7, 11) is 0. The maximum Gasteiger partial charge on any atom is 0.0656 e. The smallest absolute Gasteiger partial charge is 0.0656 e. The number of hydrogen-bond acceptors (Lipinski definition) is 2. The fourth-order valence-corrected chi connectivity index (χ4v) is 3.24. The van der Waals surface area contributed by atoms with Crippen molar-refractivity contribution in [3.63, 3.8) is 0 Å². The van der Waals surface area contributed by atoms with E-state index in [1.54, 1.807) is 0 Å². The minimum absolute atomic E-state index is 0.439. The van der Waals surface area contributed by atoms with Gasteiger partial charge in [0.2, 0.25) is 0 Å². The molecule has 1 heterocycles. The number of nitrogens with zero attached hydrogens (tertiary/aromatic N) is 1. The van der Waals surface area contributed by atoms with Crippen molar-refractivity contribution in [3.8, 4) is 0 Å². The van der Waals surface area contributed by atoms with E-state index < -0.39 is 0 Å². The van der Waals surface area contributed by atoms with Gasteiger partial charge in [0.05, 0.1) is 16.8 Å². The molecule has 104 valence electrons. The molecule has 0 radical (unpaired) electrons. The van der Waals surface area contributed by atoms with Gasteiger partial charge in [-0.25, -0.2) is 0 Å². The summed E-state index contributed by atoms with van der Waals surface area (Å²) in [5.74, 6) is 0. The summed E-state index contributed by atoms with van der Waals surface area (Å²) >= 11 is 6.21. The SMILES string of the molecule is Cc1cc(N)c(Cl)cc1N1CCCC1c1ccccc1. The maximum absolute atomic E-state index is 6.21. The van der Waals surface area contributed by atoms with E-state index in [1.807, 2.05) is 12.1 Å². The van der Waals surface area contributed by atoms with Crippen LogP contribution in [-0.4, -0.2) is 6.54 Å². The second-order valence-electron chi connectivity index (χ2n) is 5.42. The van der Waals surface area contributed by atoms with Crippen molar-refractivity contribution in [1.29, 1.82) is 0 Å². The van der Waals surface area contributed by atoms with E-state index in [9.17, 15) is 0 Å². The van der Waals surface area contributed by atoms with Crippen LogP contribution in [0, 0.1) is 6.92 Å². The van der Waals surface area contributed by atoms with Gasteiger partial charge < -0.3 is 10.6 Å². The standard InChI is InChI=1S/C17H19ClN2/c1-12-10-15(19)14(18)11-17(12)20-9-5-8-16(20)13-6-3-2-4-7-13/h2-4,6-7,10-11,16H,5,8-9,19H2,1H3. The van der Waals surface area contributed by atoms with Crippen LogP contribution in [0.25, 0.3) is 0 Å². The van der Waals surface area contributed by atoms with E-state index in [4.69, 9.17) is 17.3 Å². The molecule has 1 aliphatic rings. The molecule has 0 spiro atoms.